The van der Waals surface area contributed by atoms with E-state index in [1.165, 1.54) is 17.2 Å². The molecule has 1 amide bonds. The number of rotatable bonds is 2. The van der Waals surface area contributed by atoms with Gasteiger partial charge < -0.3 is 5.32 Å². The number of fused-ring (bicyclic) bond motifs is 1. The van der Waals surface area contributed by atoms with Crippen molar-refractivity contribution < 1.29 is 9.18 Å². The van der Waals surface area contributed by atoms with Crippen molar-refractivity contribution in [3.05, 3.63) is 63.9 Å². The minimum atomic E-state index is -0.422. The minimum Gasteiger partial charge on any atom is -0.323 e. The number of aryl methyl sites for hydroxylation is 1. The second-order valence-electron chi connectivity index (χ2n) is 5.32. The monoisotopic (exact) mass is 347 g/mol. The molecule has 1 aliphatic carbocycles. The number of anilines is 1. The van der Waals surface area contributed by atoms with E-state index in [0.29, 0.717) is 4.47 Å². The summed E-state index contributed by atoms with van der Waals surface area (Å²) in [4.78, 5) is 12.3. The van der Waals surface area contributed by atoms with Gasteiger partial charge in [-0.2, -0.15) is 0 Å². The van der Waals surface area contributed by atoms with Gasteiger partial charge in [-0.25, -0.2) is 4.39 Å². The second kappa shape index (κ2) is 5.98. The molecule has 1 unspecified atom stereocenters. The number of hydrogen-bond acceptors (Lipinski definition) is 1. The van der Waals surface area contributed by atoms with E-state index in [4.69, 9.17) is 0 Å². The molecule has 0 spiro atoms. The first kappa shape index (κ1) is 14.3. The third-order valence-corrected chi connectivity index (χ3v) is 4.40. The minimum absolute atomic E-state index is 0.0945. The molecule has 0 saturated heterocycles. The lowest BCUT2D eigenvalue weighted by Crippen LogP contribution is -2.28. The molecule has 0 radical (unpaired) electrons. The fraction of sp³-hybridized carbons (Fsp3) is 0.235. The van der Waals surface area contributed by atoms with Crippen LogP contribution in [0.1, 0.15) is 17.5 Å². The largest absolute Gasteiger partial charge is 0.323 e. The average Bonchev–Trinajstić information content (AvgIpc) is 2.49. The Labute approximate surface area is 131 Å². The van der Waals surface area contributed by atoms with Crippen molar-refractivity contribution in [2.75, 3.05) is 5.32 Å². The van der Waals surface area contributed by atoms with Gasteiger partial charge in [0.05, 0.1) is 5.69 Å². The second-order valence-corrected chi connectivity index (χ2v) is 6.24. The van der Waals surface area contributed by atoms with Crippen molar-refractivity contribution in [2.24, 2.45) is 5.92 Å². The van der Waals surface area contributed by atoms with Crippen LogP contribution in [0.25, 0.3) is 0 Å². The summed E-state index contributed by atoms with van der Waals surface area (Å²) in [6, 6.07) is 12.8. The molecule has 2 aromatic carbocycles. The van der Waals surface area contributed by atoms with Crippen LogP contribution in [-0.2, 0) is 17.6 Å². The number of nitrogens with one attached hydrogen (secondary N) is 1. The number of benzene rings is 2. The number of halogens is 2. The Bertz CT molecular complexity index is 686. The molecule has 0 heterocycles. The molecule has 1 aliphatic rings. The lowest BCUT2D eigenvalue weighted by Gasteiger charge is -2.23. The molecule has 21 heavy (non-hydrogen) atoms. The van der Waals surface area contributed by atoms with E-state index in [0.717, 1.165) is 19.3 Å². The van der Waals surface area contributed by atoms with Crippen LogP contribution in [0.15, 0.2) is 46.9 Å². The van der Waals surface area contributed by atoms with Gasteiger partial charge in [-0.05, 0) is 48.6 Å². The van der Waals surface area contributed by atoms with Crippen LogP contribution >= 0.6 is 15.9 Å². The Balaban J connectivity index is 1.72. The lowest BCUT2D eigenvalue weighted by molar-refractivity contribution is -0.120. The van der Waals surface area contributed by atoms with Crippen LogP contribution in [0.3, 0.4) is 0 Å². The molecule has 0 fully saturated rings. The van der Waals surface area contributed by atoms with Crippen LogP contribution < -0.4 is 5.32 Å². The van der Waals surface area contributed by atoms with Crippen molar-refractivity contribution in [3.8, 4) is 0 Å². The van der Waals surface area contributed by atoms with E-state index in [2.05, 4.69) is 33.4 Å². The molecular weight excluding hydrogens is 333 g/mol. The molecule has 0 aliphatic heterocycles. The van der Waals surface area contributed by atoms with Gasteiger partial charge >= 0.3 is 0 Å². The molecule has 0 aromatic heterocycles. The zero-order valence-corrected chi connectivity index (χ0v) is 13.0. The van der Waals surface area contributed by atoms with E-state index in [9.17, 15) is 9.18 Å². The smallest absolute Gasteiger partial charge is 0.227 e. The van der Waals surface area contributed by atoms with Crippen molar-refractivity contribution in [1.29, 1.82) is 0 Å². The predicted octanol–water partition coefficient (Wildman–Crippen LogP) is 4.33. The number of amides is 1. The van der Waals surface area contributed by atoms with Crippen molar-refractivity contribution in [3.63, 3.8) is 0 Å². The standard InChI is InChI=1S/C17H15BrFNO/c18-14-7-8-16(15(19)10-14)20-17(21)13-6-5-11-3-1-2-4-12(11)9-13/h1-4,7-8,10,13H,5-6,9H2,(H,20,21). The molecule has 1 atom stereocenters. The molecular formula is C17H15BrFNO. The summed E-state index contributed by atoms with van der Waals surface area (Å²) in [5.41, 5.74) is 2.78. The summed E-state index contributed by atoms with van der Waals surface area (Å²) >= 11 is 3.20. The maximum atomic E-state index is 13.8. The van der Waals surface area contributed by atoms with E-state index in [1.807, 2.05) is 12.1 Å². The maximum absolute atomic E-state index is 13.8. The summed E-state index contributed by atoms with van der Waals surface area (Å²) in [7, 11) is 0. The normalized spacial score (nSPS) is 17.1. The van der Waals surface area contributed by atoms with Gasteiger partial charge in [0.2, 0.25) is 5.91 Å². The summed E-state index contributed by atoms with van der Waals surface area (Å²) in [5.74, 6) is -0.623. The Morgan fingerprint density at radius 1 is 1.19 bits per heavy atom. The van der Waals surface area contributed by atoms with Crippen LogP contribution in [0.4, 0.5) is 10.1 Å². The molecule has 1 N–H and O–H groups in total. The maximum Gasteiger partial charge on any atom is 0.227 e. The molecule has 3 rings (SSSR count). The van der Waals surface area contributed by atoms with Crippen molar-refractivity contribution in [2.45, 2.75) is 19.3 Å². The quantitative estimate of drug-likeness (QED) is 0.860. The lowest BCUT2D eigenvalue weighted by atomic mass is 9.83. The first-order valence-electron chi connectivity index (χ1n) is 6.96. The molecule has 2 nitrogen and oxygen atoms in total. The van der Waals surface area contributed by atoms with Gasteiger partial charge in [0.1, 0.15) is 5.82 Å². The van der Waals surface area contributed by atoms with Crippen LogP contribution in [0, 0.1) is 11.7 Å². The zero-order valence-electron chi connectivity index (χ0n) is 11.4. The first-order valence-corrected chi connectivity index (χ1v) is 7.75. The summed E-state index contributed by atoms with van der Waals surface area (Å²) in [6.45, 7) is 0. The number of hydrogen-bond donors (Lipinski definition) is 1. The average molecular weight is 348 g/mol. The SMILES string of the molecule is O=C(Nc1ccc(Br)cc1F)C1CCc2ccccc2C1. The van der Waals surface area contributed by atoms with E-state index < -0.39 is 5.82 Å². The Hall–Kier alpha value is -1.68. The summed E-state index contributed by atoms with van der Waals surface area (Å²) in [5, 5.41) is 2.70. The highest BCUT2D eigenvalue weighted by Gasteiger charge is 2.24. The fourth-order valence-electron chi connectivity index (χ4n) is 2.75. The highest BCUT2D eigenvalue weighted by Crippen LogP contribution is 2.27. The van der Waals surface area contributed by atoms with Crippen LogP contribution in [0.2, 0.25) is 0 Å². The molecule has 0 saturated carbocycles. The van der Waals surface area contributed by atoms with Gasteiger partial charge in [0.25, 0.3) is 0 Å². The molecule has 4 heteroatoms. The zero-order chi connectivity index (χ0) is 14.8. The van der Waals surface area contributed by atoms with Gasteiger partial charge in [0, 0.05) is 10.4 Å². The van der Waals surface area contributed by atoms with E-state index in [-0.39, 0.29) is 17.5 Å². The van der Waals surface area contributed by atoms with Crippen molar-refractivity contribution in [1.82, 2.24) is 0 Å². The molecule has 0 bridgehead atoms. The topological polar surface area (TPSA) is 29.1 Å². The van der Waals surface area contributed by atoms with E-state index in [1.54, 1.807) is 12.1 Å². The Kier molecular flexibility index (Phi) is 4.06. The van der Waals surface area contributed by atoms with Crippen molar-refractivity contribution >= 4 is 27.5 Å². The highest BCUT2D eigenvalue weighted by atomic mass is 79.9. The predicted molar refractivity (Wildman–Crippen MR) is 84.7 cm³/mol. The summed E-state index contributed by atoms with van der Waals surface area (Å²) in [6.07, 6.45) is 2.43. The summed E-state index contributed by atoms with van der Waals surface area (Å²) < 4.78 is 14.4. The Morgan fingerprint density at radius 3 is 2.71 bits per heavy atom. The first-order chi connectivity index (χ1) is 10.1. The van der Waals surface area contributed by atoms with Gasteiger partial charge in [-0.1, -0.05) is 40.2 Å². The molecule has 108 valence electrons. The van der Waals surface area contributed by atoms with Crippen LogP contribution in [0.5, 0.6) is 0 Å². The van der Waals surface area contributed by atoms with Crippen LogP contribution in [-0.4, -0.2) is 5.91 Å². The van der Waals surface area contributed by atoms with Gasteiger partial charge in [-0.3, -0.25) is 4.79 Å². The number of carbonyl (C=O) groups excluding carboxylic acids is 1. The number of carbonyl (C=O) groups is 1. The Morgan fingerprint density at radius 2 is 1.95 bits per heavy atom. The highest BCUT2D eigenvalue weighted by molar-refractivity contribution is 9.10. The van der Waals surface area contributed by atoms with Gasteiger partial charge in [0.15, 0.2) is 0 Å². The van der Waals surface area contributed by atoms with E-state index >= 15 is 0 Å². The third-order valence-electron chi connectivity index (χ3n) is 3.91. The van der Waals surface area contributed by atoms with Gasteiger partial charge in [-0.15, -0.1) is 0 Å². The molecule has 2 aromatic rings. The third kappa shape index (κ3) is 3.16. The fourth-order valence-corrected chi connectivity index (χ4v) is 3.08.